The smallest absolute Gasteiger partial charge is 0.236 e. The van der Waals surface area contributed by atoms with E-state index in [1.54, 1.807) is 11.3 Å². The largest absolute Gasteiger partial charge is 0.452 e. The van der Waals surface area contributed by atoms with Gasteiger partial charge < -0.3 is 4.42 Å². The molecule has 7 aromatic carbocycles. The predicted octanol–water partition coefficient (Wildman–Crippen LogP) is 12.2. The molecule has 0 amide bonds. The van der Waals surface area contributed by atoms with Crippen LogP contribution in [0.4, 0.5) is 17.3 Å². The summed E-state index contributed by atoms with van der Waals surface area (Å²) in [5, 5.41) is 8.22. The molecule has 0 unspecified atom stereocenters. The highest BCUT2D eigenvalue weighted by Gasteiger charge is 2.30. The summed E-state index contributed by atoms with van der Waals surface area (Å²) in [5.41, 5.74) is 8.68. The average Bonchev–Trinajstić information content (AvgIpc) is 3.70. The molecule has 11 rings (SSSR count). The lowest BCUT2D eigenvalue weighted by atomic mass is 9.89. The Kier molecular flexibility index (Phi) is 4.96. The molecule has 0 bridgehead atoms. The van der Waals surface area contributed by atoms with Crippen LogP contribution in [0.2, 0.25) is 0 Å². The predicted molar refractivity (Wildman–Crippen MR) is 196 cm³/mol. The van der Waals surface area contributed by atoms with E-state index in [0.29, 0.717) is 11.5 Å². The number of furan rings is 1. The first-order valence-corrected chi connectivity index (χ1v) is 16.6. The molecule has 1 aliphatic heterocycles. The van der Waals surface area contributed by atoms with Crippen molar-refractivity contribution in [2.24, 2.45) is 0 Å². The molecule has 0 radical (unpaired) electrons. The zero-order chi connectivity index (χ0) is 30.6. The van der Waals surface area contributed by atoms with E-state index in [9.17, 15) is 0 Å². The summed E-state index contributed by atoms with van der Waals surface area (Å²) >= 11 is 1.80. The molecule has 3 aromatic heterocycles. The summed E-state index contributed by atoms with van der Waals surface area (Å²) in [6.07, 6.45) is 0. The van der Waals surface area contributed by atoms with Gasteiger partial charge in [-0.05, 0) is 58.1 Å². The number of nitrogens with zero attached hydrogens (tertiary/aromatic N) is 3. The summed E-state index contributed by atoms with van der Waals surface area (Å²) in [5.74, 6) is 0.621. The third kappa shape index (κ3) is 3.46. The van der Waals surface area contributed by atoms with E-state index in [4.69, 9.17) is 14.4 Å². The fourth-order valence-electron chi connectivity index (χ4n) is 7.50. The summed E-state index contributed by atoms with van der Waals surface area (Å²) in [6.45, 7) is 0. The highest BCUT2D eigenvalue weighted by molar-refractivity contribution is 7.26. The number of hydrogen-bond donors (Lipinski definition) is 0. The summed E-state index contributed by atoms with van der Waals surface area (Å²) in [4.78, 5) is 13.1. The van der Waals surface area contributed by atoms with Crippen LogP contribution in [0.1, 0.15) is 0 Å². The lowest BCUT2D eigenvalue weighted by Crippen LogP contribution is -2.18. The summed E-state index contributed by atoms with van der Waals surface area (Å²) < 4.78 is 9.05. The Morgan fingerprint density at radius 3 is 2.15 bits per heavy atom. The van der Waals surface area contributed by atoms with Crippen LogP contribution in [0.15, 0.2) is 144 Å². The maximum Gasteiger partial charge on any atom is 0.236 e. The molecule has 0 spiro atoms. The van der Waals surface area contributed by atoms with Gasteiger partial charge in [0.1, 0.15) is 16.8 Å². The first kappa shape index (κ1) is 25.2. The molecule has 0 aliphatic carbocycles. The minimum atomic E-state index is 0.621. The zero-order valence-corrected chi connectivity index (χ0v) is 25.8. The molecule has 0 saturated carbocycles. The molecule has 0 fully saturated rings. The normalized spacial score (nSPS) is 12.6. The van der Waals surface area contributed by atoms with Gasteiger partial charge in [0, 0.05) is 42.1 Å². The van der Waals surface area contributed by atoms with Crippen LogP contribution < -0.4 is 4.90 Å². The maximum absolute atomic E-state index is 6.61. The molecule has 47 heavy (non-hydrogen) atoms. The van der Waals surface area contributed by atoms with Gasteiger partial charge in [-0.15, -0.1) is 11.3 Å². The van der Waals surface area contributed by atoms with E-state index in [1.807, 2.05) is 18.2 Å². The van der Waals surface area contributed by atoms with Crippen LogP contribution in [0.25, 0.3) is 86.2 Å². The van der Waals surface area contributed by atoms with Crippen molar-refractivity contribution in [1.82, 2.24) is 9.97 Å². The Hall–Kier alpha value is -6.04. The highest BCUT2D eigenvalue weighted by Crippen LogP contribution is 2.52. The van der Waals surface area contributed by atoms with Crippen molar-refractivity contribution in [1.29, 1.82) is 0 Å². The number of thiophene rings is 1. The van der Waals surface area contributed by atoms with Crippen molar-refractivity contribution in [3.8, 4) is 22.4 Å². The van der Waals surface area contributed by atoms with Crippen molar-refractivity contribution >= 4 is 92.4 Å². The number of benzene rings is 7. The van der Waals surface area contributed by atoms with Gasteiger partial charge >= 0.3 is 0 Å². The van der Waals surface area contributed by atoms with Crippen LogP contribution in [-0.2, 0) is 0 Å². The van der Waals surface area contributed by atoms with Gasteiger partial charge in [0.05, 0.1) is 11.4 Å². The van der Waals surface area contributed by atoms with Crippen molar-refractivity contribution in [2.45, 2.75) is 0 Å². The summed E-state index contributed by atoms with van der Waals surface area (Å²) in [7, 11) is 0. The second-order valence-corrected chi connectivity index (χ2v) is 13.2. The average molecular weight is 618 g/mol. The number of rotatable bonds is 2. The molecule has 4 heterocycles. The first-order chi connectivity index (χ1) is 23.3. The molecule has 4 nitrogen and oxygen atoms in total. The van der Waals surface area contributed by atoms with Crippen molar-refractivity contribution < 1.29 is 4.42 Å². The van der Waals surface area contributed by atoms with Crippen molar-refractivity contribution in [2.75, 3.05) is 4.90 Å². The minimum absolute atomic E-state index is 0.621. The van der Waals surface area contributed by atoms with Crippen LogP contribution in [0.5, 0.6) is 0 Å². The number of anilines is 3. The third-order valence-electron chi connectivity index (χ3n) is 9.59. The van der Waals surface area contributed by atoms with E-state index in [0.717, 1.165) is 39.1 Å². The van der Waals surface area contributed by atoms with Gasteiger partial charge in [0.15, 0.2) is 5.58 Å². The number of fused-ring (bicyclic) bond motifs is 9. The second-order valence-electron chi connectivity index (χ2n) is 12.2. The van der Waals surface area contributed by atoms with E-state index >= 15 is 0 Å². The zero-order valence-electron chi connectivity index (χ0n) is 24.9. The van der Waals surface area contributed by atoms with E-state index in [2.05, 4.69) is 126 Å². The van der Waals surface area contributed by atoms with Gasteiger partial charge in [0.2, 0.25) is 5.95 Å². The van der Waals surface area contributed by atoms with Gasteiger partial charge in [-0.2, -0.15) is 0 Å². The van der Waals surface area contributed by atoms with E-state index in [-0.39, 0.29) is 0 Å². The Balaban J connectivity index is 1.28. The first-order valence-electron chi connectivity index (χ1n) is 15.8. The Labute approximate surface area is 272 Å². The van der Waals surface area contributed by atoms with E-state index in [1.165, 1.54) is 52.8 Å². The molecular weight excluding hydrogens is 595 g/mol. The molecule has 1 aliphatic rings. The number of para-hydroxylation sites is 1. The van der Waals surface area contributed by atoms with Crippen LogP contribution in [0, 0.1) is 0 Å². The lowest BCUT2D eigenvalue weighted by Gasteiger charge is -2.32. The van der Waals surface area contributed by atoms with Gasteiger partial charge in [-0.1, -0.05) is 103 Å². The fraction of sp³-hybridized carbons (Fsp3) is 0. The Morgan fingerprint density at radius 2 is 1.23 bits per heavy atom. The number of hydrogen-bond acceptors (Lipinski definition) is 5. The Bertz CT molecular complexity index is 2930. The van der Waals surface area contributed by atoms with E-state index < -0.39 is 0 Å². The maximum atomic E-state index is 6.61. The molecule has 10 aromatic rings. The Morgan fingerprint density at radius 1 is 0.532 bits per heavy atom. The molecule has 0 saturated heterocycles. The third-order valence-corrected chi connectivity index (χ3v) is 10.8. The van der Waals surface area contributed by atoms with Crippen molar-refractivity contribution in [3.05, 3.63) is 140 Å². The molecule has 0 atom stereocenters. The van der Waals surface area contributed by atoms with Crippen LogP contribution in [0.3, 0.4) is 0 Å². The van der Waals surface area contributed by atoms with Gasteiger partial charge in [0.25, 0.3) is 0 Å². The molecule has 0 N–H and O–H groups in total. The molecule has 5 heteroatoms. The minimum Gasteiger partial charge on any atom is -0.452 e. The topological polar surface area (TPSA) is 42.2 Å². The fourth-order valence-corrected chi connectivity index (χ4v) is 8.72. The van der Waals surface area contributed by atoms with Crippen LogP contribution >= 0.6 is 11.3 Å². The van der Waals surface area contributed by atoms with Gasteiger partial charge in [-0.3, -0.25) is 4.90 Å². The quantitative estimate of drug-likeness (QED) is 0.194. The van der Waals surface area contributed by atoms with Gasteiger partial charge in [-0.25, -0.2) is 9.97 Å². The molecular formula is C42H23N3OS. The SMILES string of the molecule is c1ccc2cc3c(cc2c1)-c1cccc2cccc(c12)N3c1nc(-c2cccc3c2sc2ccccc23)c2oc3ccccc3c2n1. The standard InChI is InChI=1S/C42H23N3OS/c1-2-11-26-23-34-32(22-25(26)10-1)28-16-7-12-24-13-8-19-33(37(24)28)45(34)42-43-38-30-15-3-5-20-35(30)46-40(38)39(44-42)31-18-9-17-29-27-14-4-6-21-36(27)47-41(29)31/h1-23H. The second kappa shape index (κ2) is 9.25. The number of aromatic nitrogens is 2. The summed E-state index contributed by atoms with van der Waals surface area (Å²) in [6, 6.07) is 49.5. The molecule has 218 valence electrons. The lowest BCUT2D eigenvalue weighted by molar-refractivity contribution is 0.667. The van der Waals surface area contributed by atoms with Crippen LogP contribution in [-0.4, -0.2) is 9.97 Å². The van der Waals surface area contributed by atoms with Crippen molar-refractivity contribution in [3.63, 3.8) is 0 Å². The monoisotopic (exact) mass is 617 g/mol. The highest BCUT2D eigenvalue weighted by atomic mass is 32.1.